The zero-order valence-corrected chi connectivity index (χ0v) is 42.1. The molecule has 2 atom stereocenters. The normalized spacial score (nSPS) is 12.9. The number of allylic oxidation sites excluding steroid dienone is 6. The number of aliphatic hydroxyl groups excluding tert-OH is 2. The van der Waals surface area contributed by atoms with Crippen LogP contribution in [0.1, 0.15) is 290 Å². The van der Waals surface area contributed by atoms with Crippen molar-refractivity contribution in [3.63, 3.8) is 0 Å². The first-order chi connectivity index (χ1) is 31.0. The first-order valence-corrected chi connectivity index (χ1v) is 27.7. The summed E-state index contributed by atoms with van der Waals surface area (Å²) in [6, 6.07) is -0.564. The van der Waals surface area contributed by atoms with Gasteiger partial charge in [0.15, 0.2) is 0 Å². The van der Waals surface area contributed by atoms with Crippen LogP contribution in [0.25, 0.3) is 0 Å². The monoisotopic (exact) mass is 886 g/mol. The quantitative estimate of drug-likeness (QED) is 0.0321. The first-order valence-electron chi connectivity index (χ1n) is 27.7. The number of aliphatic hydroxyl groups is 2. The number of hydrogen-bond donors (Lipinski definition) is 3. The summed E-state index contributed by atoms with van der Waals surface area (Å²) >= 11 is 0. The van der Waals surface area contributed by atoms with Gasteiger partial charge >= 0.3 is 5.97 Å². The van der Waals surface area contributed by atoms with Gasteiger partial charge in [-0.3, -0.25) is 9.59 Å². The summed E-state index contributed by atoms with van der Waals surface area (Å²) in [6.07, 6.45) is 64.1. The predicted molar refractivity (Wildman–Crippen MR) is 273 cm³/mol. The molecule has 0 aliphatic rings. The van der Waals surface area contributed by atoms with E-state index in [9.17, 15) is 19.8 Å². The molecular weight excluding hydrogens is 779 g/mol. The number of nitrogens with one attached hydrogen (secondary N) is 1. The molecule has 0 aromatic rings. The number of ether oxygens (including phenoxy) is 1. The maximum atomic E-state index is 12.5. The molecule has 63 heavy (non-hydrogen) atoms. The molecule has 2 unspecified atom stereocenters. The molecule has 370 valence electrons. The van der Waals surface area contributed by atoms with Gasteiger partial charge in [0.25, 0.3) is 0 Å². The van der Waals surface area contributed by atoms with E-state index in [2.05, 4.69) is 55.6 Å². The average molecular weight is 886 g/mol. The number of unbranched alkanes of at least 4 members (excludes halogenated alkanes) is 34. The lowest BCUT2D eigenvalue weighted by Gasteiger charge is -2.22. The van der Waals surface area contributed by atoms with E-state index in [0.717, 1.165) is 96.3 Å². The van der Waals surface area contributed by atoms with E-state index >= 15 is 0 Å². The van der Waals surface area contributed by atoms with Crippen molar-refractivity contribution in [2.75, 3.05) is 13.2 Å². The van der Waals surface area contributed by atoms with Crippen LogP contribution in [-0.2, 0) is 14.3 Å². The number of amides is 1. The molecule has 0 aromatic heterocycles. The molecule has 0 bridgehead atoms. The van der Waals surface area contributed by atoms with Gasteiger partial charge in [-0.1, -0.05) is 230 Å². The van der Waals surface area contributed by atoms with Crippen LogP contribution in [0.5, 0.6) is 0 Å². The molecule has 0 rings (SSSR count). The van der Waals surface area contributed by atoms with Crippen molar-refractivity contribution in [2.45, 2.75) is 302 Å². The van der Waals surface area contributed by atoms with Gasteiger partial charge in [-0.25, -0.2) is 0 Å². The number of rotatable bonds is 51. The third-order valence-corrected chi connectivity index (χ3v) is 12.7. The lowest BCUT2D eigenvalue weighted by Crippen LogP contribution is -2.45. The van der Waals surface area contributed by atoms with Crippen LogP contribution in [0.15, 0.2) is 36.5 Å². The van der Waals surface area contributed by atoms with Crippen molar-refractivity contribution in [1.82, 2.24) is 5.32 Å². The van der Waals surface area contributed by atoms with E-state index in [-0.39, 0.29) is 18.5 Å². The minimum Gasteiger partial charge on any atom is -0.466 e. The van der Waals surface area contributed by atoms with E-state index < -0.39 is 12.1 Å². The molecule has 6 heteroatoms. The van der Waals surface area contributed by atoms with E-state index in [4.69, 9.17) is 4.74 Å². The van der Waals surface area contributed by atoms with Crippen LogP contribution >= 0.6 is 0 Å². The lowest BCUT2D eigenvalue weighted by molar-refractivity contribution is -0.143. The Bertz CT molecular complexity index is 1020. The fraction of sp³-hybridized carbons (Fsp3) is 0.860. The smallest absolute Gasteiger partial charge is 0.305 e. The van der Waals surface area contributed by atoms with Crippen molar-refractivity contribution in [3.05, 3.63) is 36.5 Å². The SMILES string of the molecule is CCCCCC/C=C\C/C=C\CCCCCCCC(=O)OCCCC/C=C\CCCCCCCC(=O)NC(CO)C(O)CCCCCCCCCCCCCCCCCCCCC. The maximum absolute atomic E-state index is 12.5. The Morgan fingerprint density at radius 1 is 0.444 bits per heavy atom. The highest BCUT2D eigenvalue weighted by molar-refractivity contribution is 5.76. The van der Waals surface area contributed by atoms with Gasteiger partial charge < -0.3 is 20.3 Å². The van der Waals surface area contributed by atoms with E-state index in [1.54, 1.807) is 0 Å². The van der Waals surface area contributed by atoms with Crippen molar-refractivity contribution in [2.24, 2.45) is 0 Å². The van der Waals surface area contributed by atoms with Crippen LogP contribution in [0.3, 0.4) is 0 Å². The van der Waals surface area contributed by atoms with Gasteiger partial charge in [-0.2, -0.15) is 0 Å². The topological polar surface area (TPSA) is 95.9 Å². The molecule has 0 heterocycles. The summed E-state index contributed by atoms with van der Waals surface area (Å²) in [7, 11) is 0. The Balaban J connectivity index is 3.52. The van der Waals surface area contributed by atoms with Crippen molar-refractivity contribution in [1.29, 1.82) is 0 Å². The number of carbonyl (C=O) groups excluding carboxylic acids is 2. The second kappa shape index (κ2) is 52.7. The Kier molecular flexibility index (Phi) is 51.1. The van der Waals surface area contributed by atoms with Crippen molar-refractivity contribution >= 4 is 11.9 Å². The Labute approximate surface area is 392 Å². The van der Waals surface area contributed by atoms with Crippen molar-refractivity contribution in [3.8, 4) is 0 Å². The molecule has 0 aliphatic carbocycles. The van der Waals surface area contributed by atoms with E-state index in [1.165, 1.54) is 161 Å². The molecule has 0 radical (unpaired) electrons. The molecule has 0 saturated heterocycles. The standard InChI is InChI=1S/C57H107NO5/c1-3-5-7-9-11-13-15-17-19-21-22-23-24-26-29-33-37-41-45-49-55(60)54(53-59)58-56(61)50-46-42-38-34-30-28-32-36-40-44-48-52-63-57(62)51-47-43-39-35-31-27-25-20-18-16-14-12-10-8-6-4-2/h14,16,20,25,32,36,54-55,59-60H,3-13,15,17-19,21-24,26-31,33-35,37-53H2,1-2H3,(H,58,61)/b16-14-,25-20-,36-32-. The first kappa shape index (κ1) is 61.1. The van der Waals surface area contributed by atoms with Gasteiger partial charge in [0.05, 0.1) is 25.4 Å². The Hall–Kier alpha value is -1.92. The maximum Gasteiger partial charge on any atom is 0.305 e. The van der Waals surface area contributed by atoms with Crippen LogP contribution in [0.2, 0.25) is 0 Å². The minimum absolute atomic E-state index is 0.0445. The zero-order valence-electron chi connectivity index (χ0n) is 42.1. The number of hydrogen-bond acceptors (Lipinski definition) is 5. The van der Waals surface area contributed by atoms with Crippen molar-refractivity contribution < 1.29 is 24.5 Å². The highest BCUT2D eigenvalue weighted by Gasteiger charge is 2.20. The zero-order chi connectivity index (χ0) is 45.8. The second-order valence-corrected chi connectivity index (χ2v) is 18.9. The molecule has 1 amide bonds. The number of carbonyl (C=O) groups is 2. The van der Waals surface area contributed by atoms with Crippen LogP contribution < -0.4 is 5.32 Å². The molecule has 6 nitrogen and oxygen atoms in total. The summed E-state index contributed by atoms with van der Waals surface area (Å²) in [6.45, 7) is 4.86. The molecule has 0 aliphatic heterocycles. The summed E-state index contributed by atoms with van der Waals surface area (Å²) in [5, 5.41) is 23.3. The van der Waals surface area contributed by atoms with Gasteiger partial charge in [0.2, 0.25) is 5.91 Å². The highest BCUT2D eigenvalue weighted by atomic mass is 16.5. The third kappa shape index (κ3) is 49.4. The molecule has 0 fully saturated rings. The van der Waals surface area contributed by atoms with E-state index in [1.807, 2.05) is 0 Å². The summed E-state index contributed by atoms with van der Waals surface area (Å²) in [5.74, 6) is -0.108. The molecule has 0 saturated carbocycles. The van der Waals surface area contributed by atoms with Gasteiger partial charge in [-0.15, -0.1) is 0 Å². The fourth-order valence-electron chi connectivity index (χ4n) is 8.37. The predicted octanol–water partition coefficient (Wildman–Crippen LogP) is 16.9. The number of esters is 1. The molecule has 0 aromatic carbocycles. The van der Waals surface area contributed by atoms with Gasteiger partial charge in [0.1, 0.15) is 0 Å². The third-order valence-electron chi connectivity index (χ3n) is 12.7. The van der Waals surface area contributed by atoms with Crippen LogP contribution in [0.4, 0.5) is 0 Å². The Morgan fingerprint density at radius 3 is 1.24 bits per heavy atom. The lowest BCUT2D eigenvalue weighted by atomic mass is 10.0. The van der Waals surface area contributed by atoms with Crippen LogP contribution in [0, 0.1) is 0 Å². The fourth-order valence-corrected chi connectivity index (χ4v) is 8.37. The highest BCUT2D eigenvalue weighted by Crippen LogP contribution is 2.16. The Morgan fingerprint density at radius 2 is 0.794 bits per heavy atom. The minimum atomic E-state index is -0.684. The second-order valence-electron chi connectivity index (χ2n) is 18.9. The summed E-state index contributed by atoms with van der Waals surface area (Å²) in [4.78, 5) is 24.5. The van der Waals surface area contributed by atoms with Gasteiger partial charge in [-0.05, 0) is 83.5 Å². The average Bonchev–Trinajstić information content (AvgIpc) is 3.28. The van der Waals surface area contributed by atoms with E-state index in [0.29, 0.717) is 25.9 Å². The van der Waals surface area contributed by atoms with Crippen LogP contribution in [-0.4, -0.2) is 47.4 Å². The largest absolute Gasteiger partial charge is 0.466 e. The molecule has 3 N–H and O–H groups in total. The van der Waals surface area contributed by atoms with Gasteiger partial charge in [0, 0.05) is 12.8 Å². The summed E-state index contributed by atoms with van der Waals surface area (Å²) in [5.41, 5.74) is 0. The summed E-state index contributed by atoms with van der Waals surface area (Å²) < 4.78 is 5.44. The molecular formula is C57H107NO5. The molecule has 0 spiro atoms.